The predicted octanol–water partition coefficient (Wildman–Crippen LogP) is 4.19. The first-order chi connectivity index (χ1) is 10.0. The van der Waals surface area contributed by atoms with Gasteiger partial charge in [0.25, 0.3) is 0 Å². The van der Waals surface area contributed by atoms with Crippen molar-refractivity contribution in [3.05, 3.63) is 40.4 Å². The van der Waals surface area contributed by atoms with Crippen LogP contribution in [0, 0.1) is 0 Å². The lowest BCUT2D eigenvalue weighted by atomic mass is 10.3. The van der Waals surface area contributed by atoms with Crippen LogP contribution in [0.5, 0.6) is 5.75 Å². The van der Waals surface area contributed by atoms with E-state index >= 15 is 0 Å². The quantitative estimate of drug-likeness (QED) is 0.427. The van der Waals surface area contributed by atoms with Gasteiger partial charge in [-0.1, -0.05) is 48.3 Å². The molecule has 0 atom stereocenters. The van der Waals surface area contributed by atoms with E-state index in [1.54, 1.807) is 18.2 Å². The zero-order chi connectivity index (χ0) is 15.7. The van der Waals surface area contributed by atoms with E-state index in [-0.39, 0.29) is 30.2 Å². The van der Waals surface area contributed by atoms with Crippen molar-refractivity contribution in [1.29, 1.82) is 0 Å². The Morgan fingerprint density at radius 2 is 1.86 bits per heavy atom. The fourth-order valence-corrected chi connectivity index (χ4v) is 1.72. The summed E-state index contributed by atoms with van der Waals surface area (Å²) < 4.78 is 9.95. The van der Waals surface area contributed by atoms with E-state index < -0.39 is 11.9 Å². The summed E-state index contributed by atoms with van der Waals surface area (Å²) >= 11 is 11.7. The minimum Gasteiger partial charge on any atom is -0.461 e. The van der Waals surface area contributed by atoms with Gasteiger partial charge in [-0.2, -0.15) is 0 Å². The van der Waals surface area contributed by atoms with Crippen LogP contribution in [0.1, 0.15) is 26.2 Å². The summed E-state index contributed by atoms with van der Waals surface area (Å²) in [5.74, 6) is -0.849. The molecular weight excluding hydrogens is 315 g/mol. The Bertz CT molecular complexity index is 526. The van der Waals surface area contributed by atoms with Gasteiger partial charge in [-0.05, 0) is 18.6 Å². The van der Waals surface area contributed by atoms with Gasteiger partial charge in [-0.15, -0.1) is 0 Å². The first-order valence-corrected chi connectivity index (χ1v) is 7.25. The number of carbonyl (C=O) groups excluding carboxylic acids is 2. The zero-order valence-corrected chi connectivity index (χ0v) is 13.1. The summed E-state index contributed by atoms with van der Waals surface area (Å²) in [5.41, 5.74) is 0. The van der Waals surface area contributed by atoms with E-state index in [1.165, 1.54) is 6.07 Å². The molecule has 0 aliphatic rings. The minimum atomic E-state index is -0.569. The standard InChI is InChI=1S/C15H16Cl2O4/c1-2-3-4-10-20-13(18)8-9-14(19)21-12-7-5-6-11(16)15(12)17/h3-7H,2,8-10H2,1H3/b4-3-. The molecule has 0 N–H and O–H groups in total. The van der Waals surface area contributed by atoms with Crippen molar-refractivity contribution < 1.29 is 19.1 Å². The first kappa shape index (κ1) is 17.5. The normalized spacial score (nSPS) is 10.6. The molecule has 0 radical (unpaired) electrons. The molecular formula is C15H16Cl2O4. The summed E-state index contributed by atoms with van der Waals surface area (Å²) in [6.45, 7) is 2.19. The Balaban J connectivity index is 2.35. The minimum absolute atomic E-state index is 0.0447. The molecule has 0 aliphatic carbocycles. The second-order valence-electron chi connectivity index (χ2n) is 4.09. The van der Waals surface area contributed by atoms with Gasteiger partial charge >= 0.3 is 11.9 Å². The molecule has 1 aromatic carbocycles. The van der Waals surface area contributed by atoms with Crippen LogP contribution >= 0.6 is 23.2 Å². The van der Waals surface area contributed by atoms with Crippen LogP contribution in [-0.2, 0) is 14.3 Å². The average molecular weight is 331 g/mol. The molecule has 4 nitrogen and oxygen atoms in total. The number of halogens is 2. The van der Waals surface area contributed by atoms with Gasteiger partial charge in [-0.3, -0.25) is 9.59 Å². The molecule has 0 heterocycles. The molecule has 0 fully saturated rings. The molecule has 0 spiro atoms. The third kappa shape index (κ3) is 6.65. The number of rotatable bonds is 7. The van der Waals surface area contributed by atoms with E-state index in [2.05, 4.69) is 0 Å². The topological polar surface area (TPSA) is 52.6 Å². The van der Waals surface area contributed by atoms with E-state index in [1.807, 2.05) is 13.0 Å². The predicted molar refractivity (Wildman–Crippen MR) is 81.7 cm³/mol. The van der Waals surface area contributed by atoms with Gasteiger partial charge in [0.2, 0.25) is 0 Å². The number of ether oxygens (including phenoxy) is 2. The van der Waals surface area contributed by atoms with E-state index in [9.17, 15) is 9.59 Å². The van der Waals surface area contributed by atoms with Crippen molar-refractivity contribution in [2.75, 3.05) is 6.61 Å². The molecule has 114 valence electrons. The maximum Gasteiger partial charge on any atom is 0.311 e. The molecule has 0 bridgehead atoms. The van der Waals surface area contributed by atoms with Crippen molar-refractivity contribution in [2.45, 2.75) is 26.2 Å². The molecule has 0 saturated heterocycles. The summed E-state index contributed by atoms with van der Waals surface area (Å²) in [5, 5.41) is 0.462. The van der Waals surface area contributed by atoms with Crippen LogP contribution in [-0.4, -0.2) is 18.5 Å². The number of hydrogen-bond acceptors (Lipinski definition) is 4. The lowest BCUT2D eigenvalue weighted by Gasteiger charge is -2.07. The highest BCUT2D eigenvalue weighted by Crippen LogP contribution is 2.31. The van der Waals surface area contributed by atoms with Gasteiger partial charge in [0.15, 0.2) is 5.75 Å². The van der Waals surface area contributed by atoms with Crippen molar-refractivity contribution in [1.82, 2.24) is 0 Å². The van der Waals surface area contributed by atoms with Gasteiger partial charge < -0.3 is 9.47 Å². The second-order valence-corrected chi connectivity index (χ2v) is 4.87. The van der Waals surface area contributed by atoms with Crippen LogP contribution in [0.15, 0.2) is 30.4 Å². The fourth-order valence-electron chi connectivity index (χ4n) is 1.39. The van der Waals surface area contributed by atoms with Crippen LogP contribution in [0.3, 0.4) is 0 Å². The van der Waals surface area contributed by atoms with E-state index in [0.29, 0.717) is 5.02 Å². The smallest absolute Gasteiger partial charge is 0.311 e. The number of allylic oxidation sites excluding steroid dienone is 1. The second kappa shape index (κ2) is 9.42. The Morgan fingerprint density at radius 3 is 2.57 bits per heavy atom. The zero-order valence-electron chi connectivity index (χ0n) is 11.6. The number of hydrogen-bond donors (Lipinski definition) is 0. The average Bonchev–Trinajstić information content (AvgIpc) is 2.46. The number of carbonyl (C=O) groups is 2. The van der Waals surface area contributed by atoms with Gasteiger partial charge in [-0.25, -0.2) is 0 Å². The van der Waals surface area contributed by atoms with Crippen molar-refractivity contribution >= 4 is 35.1 Å². The summed E-state index contributed by atoms with van der Waals surface area (Å²) in [6.07, 6.45) is 4.39. The lowest BCUT2D eigenvalue weighted by molar-refractivity contribution is -0.145. The maximum atomic E-state index is 11.6. The van der Waals surface area contributed by atoms with Crippen LogP contribution in [0.2, 0.25) is 10.0 Å². The molecule has 0 saturated carbocycles. The van der Waals surface area contributed by atoms with Gasteiger partial charge in [0, 0.05) is 0 Å². The SMILES string of the molecule is CC/C=C\COC(=O)CCC(=O)Oc1cccc(Cl)c1Cl. The largest absolute Gasteiger partial charge is 0.461 e. The van der Waals surface area contributed by atoms with Crippen LogP contribution in [0.4, 0.5) is 0 Å². The van der Waals surface area contributed by atoms with E-state index in [0.717, 1.165) is 6.42 Å². The molecule has 0 amide bonds. The third-order valence-corrected chi connectivity index (χ3v) is 3.22. The fraction of sp³-hybridized carbons (Fsp3) is 0.333. The molecule has 0 unspecified atom stereocenters. The monoisotopic (exact) mass is 330 g/mol. The Morgan fingerprint density at radius 1 is 1.14 bits per heavy atom. The van der Waals surface area contributed by atoms with Gasteiger partial charge in [0.1, 0.15) is 11.6 Å². The van der Waals surface area contributed by atoms with Crippen LogP contribution < -0.4 is 4.74 Å². The Hall–Kier alpha value is -1.52. The molecule has 21 heavy (non-hydrogen) atoms. The van der Waals surface area contributed by atoms with E-state index in [4.69, 9.17) is 32.7 Å². The summed E-state index contributed by atoms with van der Waals surface area (Å²) in [7, 11) is 0. The summed E-state index contributed by atoms with van der Waals surface area (Å²) in [6, 6.07) is 4.73. The maximum absolute atomic E-state index is 11.6. The lowest BCUT2D eigenvalue weighted by Crippen LogP contribution is -2.12. The number of esters is 2. The Labute approximate surface area is 133 Å². The van der Waals surface area contributed by atoms with Gasteiger partial charge in [0.05, 0.1) is 17.9 Å². The van der Waals surface area contributed by atoms with Crippen molar-refractivity contribution in [3.8, 4) is 5.75 Å². The van der Waals surface area contributed by atoms with Crippen molar-refractivity contribution in [2.24, 2.45) is 0 Å². The number of benzene rings is 1. The summed E-state index contributed by atoms with van der Waals surface area (Å²) in [4.78, 5) is 23.0. The molecule has 6 heteroatoms. The highest BCUT2D eigenvalue weighted by molar-refractivity contribution is 6.43. The molecule has 1 rings (SSSR count). The molecule has 0 aliphatic heterocycles. The third-order valence-electron chi connectivity index (χ3n) is 2.42. The highest BCUT2D eigenvalue weighted by atomic mass is 35.5. The van der Waals surface area contributed by atoms with Crippen molar-refractivity contribution in [3.63, 3.8) is 0 Å². The van der Waals surface area contributed by atoms with Crippen LogP contribution in [0.25, 0.3) is 0 Å². The Kier molecular flexibility index (Phi) is 7.87. The first-order valence-electron chi connectivity index (χ1n) is 6.50. The molecule has 1 aromatic rings. The molecule has 0 aromatic heterocycles. The highest BCUT2D eigenvalue weighted by Gasteiger charge is 2.12.